The number of nitrogens with zero attached hydrogens (tertiary/aromatic N) is 4. The number of hydrogen-bond donors (Lipinski definition) is 1. The van der Waals surface area contributed by atoms with Gasteiger partial charge in [-0.2, -0.15) is 4.98 Å². The van der Waals surface area contributed by atoms with Gasteiger partial charge in [-0.25, -0.2) is 0 Å². The molecule has 1 N–H and O–H groups in total. The van der Waals surface area contributed by atoms with Crippen molar-refractivity contribution in [3.63, 3.8) is 0 Å². The van der Waals surface area contributed by atoms with E-state index >= 15 is 0 Å². The first-order valence-corrected chi connectivity index (χ1v) is 7.11. The van der Waals surface area contributed by atoms with Crippen molar-refractivity contribution >= 4 is 0 Å². The molecule has 1 aliphatic rings. The van der Waals surface area contributed by atoms with Crippen molar-refractivity contribution in [2.45, 2.75) is 12.0 Å². The predicted octanol–water partition coefficient (Wildman–Crippen LogP) is 1.53. The quantitative estimate of drug-likeness (QED) is 0.789. The minimum atomic E-state index is -0.0643. The molecule has 1 saturated heterocycles. The maximum Gasteiger partial charge on any atom is 0.232 e. The van der Waals surface area contributed by atoms with Crippen molar-refractivity contribution in [1.29, 1.82) is 0 Å². The Labute approximate surface area is 122 Å². The van der Waals surface area contributed by atoms with Gasteiger partial charge in [0.25, 0.3) is 0 Å². The number of aryl methyl sites for hydroxylation is 1. The number of hydrogen-bond acceptors (Lipinski definition) is 4. The molecule has 0 bridgehead atoms. The molecule has 6 heteroatoms. The van der Waals surface area contributed by atoms with Crippen molar-refractivity contribution in [3.8, 4) is 0 Å². The molecule has 1 atom stereocenters. The zero-order chi connectivity index (χ0) is 14.2. The molecule has 0 aliphatic carbocycles. The molecule has 1 unspecified atom stereocenters. The molecule has 3 aromatic rings. The number of rotatable bonds is 4. The van der Waals surface area contributed by atoms with Gasteiger partial charge in [-0.05, 0) is 24.3 Å². The van der Waals surface area contributed by atoms with Gasteiger partial charge in [0.1, 0.15) is 6.04 Å². The lowest BCUT2D eigenvalue weighted by Crippen LogP contribution is -2.40. The topological polar surface area (TPSA) is 60.8 Å². The van der Waals surface area contributed by atoms with Crippen molar-refractivity contribution < 1.29 is 4.52 Å². The van der Waals surface area contributed by atoms with E-state index in [2.05, 4.69) is 30.7 Å². The summed E-state index contributed by atoms with van der Waals surface area (Å²) < 4.78 is 9.65. The number of nitrogens with one attached hydrogen (secondary N) is 1. The lowest BCUT2D eigenvalue weighted by atomic mass is 10.0. The Morgan fingerprint density at radius 2 is 2.05 bits per heavy atom. The highest BCUT2D eigenvalue weighted by Gasteiger charge is 2.29. The van der Waals surface area contributed by atoms with Crippen molar-refractivity contribution in [3.05, 3.63) is 60.3 Å². The van der Waals surface area contributed by atoms with Gasteiger partial charge in [0.15, 0.2) is 0 Å². The van der Waals surface area contributed by atoms with E-state index in [0.29, 0.717) is 11.7 Å². The van der Waals surface area contributed by atoms with Gasteiger partial charge in [-0.15, -0.1) is 0 Å². The van der Waals surface area contributed by atoms with Crippen LogP contribution >= 0.6 is 0 Å². The van der Waals surface area contributed by atoms with E-state index in [1.165, 1.54) is 0 Å². The molecule has 6 nitrogen and oxygen atoms in total. The average Bonchev–Trinajstić information content (AvgIpc) is 3.12. The average molecular weight is 283 g/mol. The molecule has 4 heterocycles. The molecular weight excluding hydrogens is 266 g/mol. The molecule has 4 rings (SSSR count). The first kappa shape index (κ1) is 12.4. The predicted molar refractivity (Wildman–Crippen MR) is 77.0 cm³/mol. The Morgan fingerprint density at radius 3 is 2.67 bits per heavy atom. The van der Waals surface area contributed by atoms with E-state index in [4.69, 9.17) is 4.52 Å². The summed E-state index contributed by atoms with van der Waals surface area (Å²) in [7, 11) is 2.03. The van der Waals surface area contributed by atoms with E-state index in [-0.39, 0.29) is 6.04 Å². The number of aromatic nitrogens is 4. The molecule has 108 valence electrons. The SMILES string of the molecule is Cn1cccc1C(c1noc(C2CNC2)n1)n1cccc1. The third-order valence-corrected chi connectivity index (χ3v) is 4.02. The van der Waals surface area contributed by atoms with E-state index < -0.39 is 0 Å². The molecule has 0 spiro atoms. The molecule has 1 fully saturated rings. The van der Waals surface area contributed by atoms with Crippen LogP contribution in [0.2, 0.25) is 0 Å². The molecule has 3 aromatic heterocycles. The summed E-state index contributed by atoms with van der Waals surface area (Å²) in [5, 5.41) is 7.45. The van der Waals surface area contributed by atoms with Crippen LogP contribution in [0.15, 0.2) is 47.4 Å². The Hall–Kier alpha value is -2.34. The second-order valence-electron chi connectivity index (χ2n) is 5.42. The van der Waals surface area contributed by atoms with Gasteiger partial charge in [0.2, 0.25) is 11.7 Å². The van der Waals surface area contributed by atoms with Gasteiger partial charge in [-0.3, -0.25) is 0 Å². The zero-order valence-corrected chi connectivity index (χ0v) is 11.8. The Bertz CT molecular complexity index is 723. The van der Waals surface area contributed by atoms with E-state index in [9.17, 15) is 0 Å². The van der Waals surface area contributed by atoms with Gasteiger partial charge >= 0.3 is 0 Å². The summed E-state index contributed by atoms with van der Waals surface area (Å²) in [4.78, 5) is 4.63. The van der Waals surface area contributed by atoms with Crippen LogP contribution in [-0.4, -0.2) is 32.4 Å². The minimum Gasteiger partial charge on any atom is -0.352 e. The highest BCUT2D eigenvalue weighted by Crippen LogP contribution is 2.27. The molecule has 0 radical (unpaired) electrons. The lowest BCUT2D eigenvalue weighted by molar-refractivity contribution is 0.305. The zero-order valence-electron chi connectivity index (χ0n) is 11.8. The summed E-state index contributed by atoms with van der Waals surface area (Å²) in [5.41, 5.74) is 1.13. The van der Waals surface area contributed by atoms with Crippen LogP contribution in [0.1, 0.15) is 29.4 Å². The molecular formula is C15H17N5O. The Morgan fingerprint density at radius 1 is 1.24 bits per heavy atom. The molecule has 21 heavy (non-hydrogen) atoms. The van der Waals surface area contributed by atoms with E-state index in [1.807, 2.05) is 43.8 Å². The van der Waals surface area contributed by atoms with Crippen LogP contribution in [0.3, 0.4) is 0 Å². The highest BCUT2D eigenvalue weighted by molar-refractivity contribution is 5.22. The van der Waals surface area contributed by atoms with Crippen molar-refractivity contribution in [2.24, 2.45) is 7.05 Å². The summed E-state index contributed by atoms with van der Waals surface area (Å²) in [6.45, 7) is 1.83. The van der Waals surface area contributed by atoms with Crippen LogP contribution in [0, 0.1) is 0 Å². The van der Waals surface area contributed by atoms with Crippen molar-refractivity contribution in [2.75, 3.05) is 13.1 Å². The normalized spacial score (nSPS) is 16.8. The Balaban J connectivity index is 1.75. The molecule has 1 aliphatic heterocycles. The summed E-state index contributed by atoms with van der Waals surface area (Å²) in [5.74, 6) is 1.79. The summed E-state index contributed by atoms with van der Waals surface area (Å²) in [6.07, 6.45) is 6.08. The monoisotopic (exact) mass is 283 g/mol. The highest BCUT2D eigenvalue weighted by atomic mass is 16.5. The second kappa shape index (κ2) is 4.89. The van der Waals surface area contributed by atoms with Gasteiger partial charge in [-0.1, -0.05) is 5.16 Å². The third-order valence-electron chi connectivity index (χ3n) is 4.02. The largest absolute Gasteiger partial charge is 0.352 e. The first-order chi connectivity index (χ1) is 10.3. The smallest absolute Gasteiger partial charge is 0.232 e. The fraction of sp³-hybridized carbons (Fsp3) is 0.333. The van der Waals surface area contributed by atoms with Crippen LogP contribution in [-0.2, 0) is 7.05 Å². The second-order valence-corrected chi connectivity index (χ2v) is 5.42. The summed E-state index contributed by atoms with van der Waals surface area (Å²) >= 11 is 0. The minimum absolute atomic E-state index is 0.0643. The first-order valence-electron chi connectivity index (χ1n) is 7.11. The van der Waals surface area contributed by atoms with Crippen LogP contribution in [0.5, 0.6) is 0 Å². The fourth-order valence-electron chi connectivity index (χ4n) is 2.68. The maximum absolute atomic E-state index is 5.46. The van der Waals surface area contributed by atoms with Crippen LogP contribution in [0.25, 0.3) is 0 Å². The van der Waals surface area contributed by atoms with Gasteiger partial charge < -0.3 is 19.0 Å². The van der Waals surface area contributed by atoms with E-state index in [1.54, 1.807) is 0 Å². The lowest BCUT2D eigenvalue weighted by Gasteiger charge is -2.22. The summed E-state index contributed by atoms with van der Waals surface area (Å²) in [6, 6.07) is 8.07. The Kier molecular flexibility index (Phi) is 2.89. The van der Waals surface area contributed by atoms with Crippen LogP contribution in [0.4, 0.5) is 0 Å². The fourth-order valence-corrected chi connectivity index (χ4v) is 2.68. The standard InChI is InChI=1S/C15H17N5O/c1-19-6-4-5-12(19)13(20-7-2-3-8-20)14-17-15(21-18-14)11-9-16-10-11/h2-8,11,13,16H,9-10H2,1H3. The molecule has 0 saturated carbocycles. The maximum atomic E-state index is 5.46. The van der Waals surface area contributed by atoms with Crippen LogP contribution < -0.4 is 5.32 Å². The van der Waals surface area contributed by atoms with Crippen molar-refractivity contribution in [1.82, 2.24) is 24.6 Å². The van der Waals surface area contributed by atoms with E-state index in [0.717, 1.165) is 24.7 Å². The molecule has 0 amide bonds. The third kappa shape index (κ3) is 2.08. The van der Waals surface area contributed by atoms with Gasteiger partial charge in [0, 0.05) is 44.4 Å². The van der Waals surface area contributed by atoms with Gasteiger partial charge in [0.05, 0.1) is 5.92 Å². The molecule has 0 aromatic carbocycles.